The summed E-state index contributed by atoms with van der Waals surface area (Å²) in [6.07, 6.45) is 3.70. The minimum Gasteiger partial charge on any atom is -0.297 e. The molecule has 1 aromatic carbocycles. The average Bonchev–Trinajstić information content (AvgIpc) is 3.40. The van der Waals surface area contributed by atoms with E-state index in [4.69, 9.17) is 0 Å². The molecule has 4 rings (SSSR count). The highest BCUT2D eigenvalue weighted by molar-refractivity contribution is 7.99. The predicted molar refractivity (Wildman–Crippen MR) is 121 cm³/mol. The molecule has 160 valence electrons. The second kappa shape index (κ2) is 10.2. The lowest BCUT2D eigenvalue weighted by Crippen LogP contribution is -2.30. The van der Waals surface area contributed by atoms with Crippen LogP contribution in [0, 0.1) is 18.3 Å². The van der Waals surface area contributed by atoms with Gasteiger partial charge in [0.15, 0.2) is 22.7 Å². The lowest BCUT2D eigenvalue weighted by atomic mass is 10.1. The molecular weight excluding hydrogens is 428 g/mol. The van der Waals surface area contributed by atoms with Crippen LogP contribution in [0.4, 0.5) is 0 Å². The van der Waals surface area contributed by atoms with Gasteiger partial charge in [0.2, 0.25) is 0 Å². The first-order chi connectivity index (χ1) is 15.2. The normalized spacial score (nSPS) is 15.5. The summed E-state index contributed by atoms with van der Waals surface area (Å²) in [5.74, 6) is 0.00974. The van der Waals surface area contributed by atoms with Crippen molar-refractivity contribution in [3.8, 4) is 11.8 Å². The Bertz CT molecular complexity index is 1070. The van der Waals surface area contributed by atoms with Gasteiger partial charge < -0.3 is 0 Å². The third kappa shape index (κ3) is 5.21. The second-order valence-electron chi connectivity index (χ2n) is 7.55. The number of hydrogen-bond acceptors (Lipinski definition) is 8. The number of aryl methyl sites for hydroxylation is 1. The molecule has 1 fully saturated rings. The Kier molecular flexibility index (Phi) is 7.12. The van der Waals surface area contributed by atoms with Crippen molar-refractivity contribution >= 4 is 28.9 Å². The number of likely N-dealkylation sites (tertiary alicyclic amines) is 1. The molecule has 1 aliphatic heterocycles. The lowest BCUT2D eigenvalue weighted by molar-refractivity contribution is -0.116. The zero-order valence-electron chi connectivity index (χ0n) is 17.4. The van der Waals surface area contributed by atoms with Gasteiger partial charge in [-0.05, 0) is 45.0 Å². The van der Waals surface area contributed by atoms with Gasteiger partial charge in [-0.15, -0.1) is 21.5 Å². The minimum absolute atomic E-state index is 0.144. The van der Waals surface area contributed by atoms with Gasteiger partial charge in [0, 0.05) is 16.8 Å². The maximum Gasteiger partial charge on any atom is 0.196 e. The van der Waals surface area contributed by atoms with Crippen LogP contribution in [0.15, 0.2) is 40.9 Å². The van der Waals surface area contributed by atoms with Crippen LogP contribution in [0.1, 0.15) is 41.7 Å². The molecule has 0 radical (unpaired) electrons. The molecular formula is C22H24N6OS2. The number of piperidine rings is 1. The topological polar surface area (TPSA) is 87.7 Å². The number of carbonyl (C=O) groups excluding carboxylic acids is 1. The first kappa shape index (κ1) is 21.7. The van der Waals surface area contributed by atoms with Gasteiger partial charge in [-0.3, -0.25) is 14.3 Å². The Morgan fingerprint density at radius 1 is 1.23 bits per heavy atom. The number of hydrogen-bond donors (Lipinski definition) is 0. The minimum atomic E-state index is -0.841. The quantitative estimate of drug-likeness (QED) is 0.478. The van der Waals surface area contributed by atoms with E-state index in [0.29, 0.717) is 10.2 Å². The van der Waals surface area contributed by atoms with Crippen LogP contribution in [-0.4, -0.2) is 49.3 Å². The number of nitriles is 1. The summed E-state index contributed by atoms with van der Waals surface area (Å²) >= 11 is 2.68. The Labute approximate surface area is 190 Å². The van der Waals surface area contributed by atoms with E-state index >= 15 is 0 Å². The fraction of sp³-hybridized carbons (Fsp3) is 0.409. The van der Waals surface area contributed by atoms with Gasteiger partial charge in [0.25, 0.3) is 0 Å². The Balaban J connectivity index is 1.53. The standard InChI is InChI=1S/C22H24N6OS2/c1-16-14-30-21(24-16)18(12-23)19(29)15-31-22-26-25-20(13-27-10-6-3-7-11-27)28(22)17-8-4-2-5-9-17/h2,4-5,8-9,14,18H,3,6-7,10-11,13,15H2,1H3. The Morgan fingerprint density at radius 2 is 2.00 bits per heavy atom. The number of rotatable bonds is 8. The maximum absolute atomic E-state index is 12.8. The zero-order chi connectivity index (χ0) is 21.6. The van der Waals surface area contributed by atoms with Crippen molar-refractivity contribution < 1.29 is 4.79 Å². The van der Waals surface area contributed by atoms with Gasteiger partial charge in [0.05, 0.1) is 18.4 Å². The van der Waals surface area contributed by atoms with Crippen LogP contribution in [0.25, 0.3) is 5.69 Å². The third-order valence-corrected chi connectivity index (χ3v) is 7.19. The average molecular weight is 453 g/mol. The van der Waals surface area contributed by atoms with Crippen molar-refractivity contribution in [2.45, 2.75) is 43.8 Å². The molecule has 1 atom stereocenters. The Morgan fingerprint density at radius 3 is 2.68 bits per heavy atom. The molecule has 0 spiro atoms. The van der Waals surface area contributed by atoms with Crippen LogP contribution in [0.2, 0.25) is 0 Å². The SMILES string of the molecule is Cc1csc(C(C#N)C(=O)CSc2nnc(CN3CCCCC3)n2-c2ccccc2)n1. The molecule has 0 aliphatic carbocycles. The molecule has 3 heterocycles. The predicted octanol–water partition coefficient (Wildman–Crippen LogP) is 3.99. The smallest absolute Gasteiger partial charge is 0.196 e. The summed E-state index contributed by atoms with van der Waals surface area (Å²) in [5, 5.41) is 21.5. The van der Waals surface area contributed by atoms with Crippen molar-refractivity contribution in [1.29, 1.82) is 5.26 Å². The number of carbonyl (C=O) groups is 1. The van der Waals surface area contributed by atoms with Crippen molar-refractivity contribution in [2.75, 3.05) is 18.8 Å². The largest absolute Gasteiger partial charge is 0.297 e. The molecule has 7 nitrogen and oxygen atoms in total. The van der Waals surface area contributed by atoms with Crippen LogP contribution < -0.4 is 0 Å². The van der Waals surface area contributed by atoms with Crippen molar-refractivity contribution in [1.82, 2.24) is 24.6 Å². The number of Topliss-reactive ketones (excluding diaryl/α,β-unsaturated/α-hetero) is 1. The van der Waals surface area contributed by atoms with Crippen LogP contribution in [-0.2, 0) is 11.3 Å². The summed E-state index contributed by atoms with van der Waals surface area (Å²) in [4.78, 5) is 19.5. The van der Waals surface area contributed by atoms with E-state index in [-0.39, 0.29) is 11.5 Å². The van der Waals surface area contributed by atoms with Gasteiger partial charge in [-0.25, -0.2) is 4.98 Å². The zero-order valence-corrected chi connectivity index (χ0v) is 19.0. The van der Waals surface area contributed by atoms with Crippen LogP contribution >= 0.6 is 23.1 Å². The number of para-hydroxylation sites is 1. The summed E-state index contributed by atoms with van der Waals surface area (Å²) in [7, 11) is 0. The maximum atomic E-state index is 12.8. The van der Waals surface area contributed by atoms with Gasteiger partial charge in [-0.2, -0.15) is 5.26 Å². The molecule has 3 aromatic rings. The van der Waals surface area contributed by atoms with Gasteiger partial charge in [0.1, 0.15) is 5.01 Å². The number of ketones is 1. The first-order valence-corrected chi connectivity index (χ1v) is 12.2. The number of nitrogens with zero attached hydrogens (tertiary/aromatic N) is 6. The number of aromatic nitrogens is 4. The second-order valence-corrected chi connectivity index (χ2v) is 9.38. The molecule has 9 heteroatoms. The van der Waals surface area contributed by atoms with Crippen molar-refractivity contribution in [2.24, 2.45) is 0 Å². The molecule has 0 bridgehead atoms. The van der Waals surface area contributed by atoms with E-state index < -0.39 is 5.92 Å². The van der Waals surface area contributed by atoms with E-state index in [2.05, 4.69) is 26.2 Å². The third-order valence-electron chi connectivity index (χ3n) is 5.21. The van der Waals surface area contributed by atoms with Crippen molar-refractivity contribution in [3.05, 3.63) is 52.2 Å². The van der Waals surface area contributed by atoms with Crippen LogP contribution in [0.3, 0.4) is 0 Å². The van der Waals surface area contributed by atoms with Gasteiger partial charge in [-0.1, -0.05) is 36.4 Å². The highest BCUT2D eigenvalue weighted by Crippen LogP contribution is 2.27. The summed E-state index contributed by atoms with van der Waals surface area (Å²) in [6.45, 7) is 4.73. The highest BCUT2D eigenvalue weighted by atomic mass is 32.2. The van der Waals surface area contributed by atoms with E-state index in [1.54, 1.807) is 0 Å². The van der Waals surface area contributed by atoms with E-state index in [0.717, 1.165) is 36.8 Å². The summed E-state index contributed by atoms with van der Waals surface area (Å²) in [5.41, 5.74) is 1.80. The first-order valence-electron chi connectivity index (χ1n) is 10.3. The number of thioether (sulfide) groups is 1. The molecule has 31 heavy (non-hydrogen) atoms. The number of benzene rings is 1. The van der Waals surface area contributed by atoms with Gasteiger partial charge >= 0.3 is 0 Å². The fourth-order valence-corrected chi connectivity index (χ4v) is 5.38. The molecule has 0 N–H and O–H groups in total. The molecule has 1 unspecified atom stereocenters. The molecule has 0 amide bonds. The number of thiazole rings is 1. The summed E-state index contributed by atoms with van der Waals surface area (Å²) < 4.78 is 2.03. The fourth-order valence-electron chi connectivity index (χ4n) is 3.64. The Hall–Kier alpha value is -2.54. The van der Waals surface area contributed by atoms with Crippen LogP contribution in [0.5, 0.6) is 0 Å². The molecule has 0 saturated carbocycles. The van der Waals surface area contributed by atoms with E-state index in [9.17, 15) is 10.1 Å². The summed E-state index contributed by atoms with van der Waals surface area (Å²) in [6, 6.07) is 12.1. The molecule has 2 aromatic heterocycles. The lowest BCUT2D eigenvalue weighted by Gasteiger charge is -2.26. The van der Waals surface area contributed by atoms with E-state index in [1.807, 2.05) is 47.2 Å². The highest BCUT2D eigenvalue weighted by Gasteiger charge is 2.25. The van der Waals surface area contributed by atoms with Crippen molar-refractivity contribution in [3.63, 3.8) is 0 Å². The van der Waals surface area contributed by atoms with E-state index in [1.165, 1.54) is 42.4 Å². The molecule has 1 saturated heterocycles. The molecule has 1 aliphatic rings. The monoisotopic (exact) mass is 452 g/mol.